The third kappa shape index (κ3) is 1.77. The predicted molar refractivity (Wildman–Crippen MR) is 85.3 cm³/mol. The van der Waals surface area contributed by atoms with Crippen molar-refractivity contribution in [1.82, 2.24) is 9.56 Å². The number of fused-ring (bicyclic) bond motifs is 2. The molecular formula is C16H12N4O2. The van der Waals surface area contributed by atoms with Crippen molar-refractivity contribution in [1.29, 1.82) is 0 Å². The van der Waals surface area contributed by atoms with Crippen LogP contribution in [0.3, 0.4) is 0 Å². The molecule has 0 radical (unpaired) electrons. The highest BCUT2D eigenvalue weighted by molar-refractivity contribution is 6.21. The van der Waals surface area contributed by atoms with Gasteiger partial charge in [-0.15, -0.1) is 4.57 Å². The van der Waals surface area contributed by atoms with Gasteiger partial charge in [0.1, 0.15) is 5.76 Å². The molecule has 0 amide bonds. The molecule has 0 aliphatic carbocycles. The Labute approximate surface area is 125 Å². The molecule has 6 nitrogen and oxygen atoms in total. The summed E-state index contributed by atoms with van der Waals surface area (Å²) in [4.78, 5) is 20.5. The average Bonchev–Trinajstić information content (AvgIpc) is 3.07. The minimum atomic E-state index is -0.386. The summed E-state index contributed by atoms with van der Waals surface area (Å²) in [6.45, 7) is 1.77. The van der Waals surface area contributed by atoms with E-state index in [1.165, 1.54) is 4.57 Å². The van der Waals surface area contributed by atoms with Crippen molar-refractivity contribution in [3.63, 3.8) is 0 Å². The molecule has 3 heterocycles. The van der Waals surface area contributed by atoms with Gasteiger partial charge in [-0.1, -0.05) is 18.2 Å². The molecule has 108 valence electrons. The summed E-state index contributed by atoms with van der Waals surface area (Å²) in [6.07, 6.45) is 3.41. The van der Waals surface area contributed by atoms with Crippen molar-refractivity contribution in [3.8, 4) is 0 Å². The molecule has 0 fully saturated rings. The van der Waals surface area contributed by atoms with Crippen LogP contribution in [0.5, 0.6) is 0 Å². The Morgan fingerprint density at radius 2 is 2.14 bits per heavy atom. The SMILES string of the molecule is Cc1cc2nc(=O)c(/C=C3\C=Nc4ccccc43)c(N)n2o1. The minimum Gasteiger partial charge on any atom is -0.382 e. The number of anilines is 1. The number of nitrogen functional groups attached to an aromatic ring is 1. The highest BCUT2D eigenvalue weighted by Gasteiger charge is 2.16. The van der Waals surface area contributed by atoms with E-state index in [0.29, 0.717) is 17.0 Å². The maximum atomic E-state index is 12.2. The molecule has 1 aliphatic rings. The quantitative estimate of drug-likeness (QED) is 0.746. The Morgan fingerprint density at radius 1 is 1.32 bits per heavy atom. The summed E-state index contributed by atoms with van der Waals surface area (Å²) in [6, 6.07) is 9.38. The topological polar surface area (TPSA) is 85.9 Å². The fourth-order valence-corrected chi connectivity index (χ4v) is 2.54. The molecule has 0 spiro atoms. The fraction of sp³-hybridized carbons (Fsp3) is 0.0625. The summed E-state index contributed by atoms with van der Waals surface area (Å²) in [5, 5.41) is 0. The first-order valence-corrected chi connectivity index (χ1v) is 6.78. The van der Waals surface area contributed by atoms with Gasteiger partial charge in [0, 0.05) is 23.4 Å². The second-order valence-electron chi connectivity index (χ2n) is 5.09. The lowest BCUT2D eigenvalue weighted by Crippen LogP contribution is -2.16. The van der Waals surface area contributed by atoms with E-state index >= 15 is 0 Å². The molecule has 1 aromatic carbocycles. The van der Waals surface area contributed by atoms with Crippen LogP contribution in [0.2, 0.25) is 0 Å². The maximum Gasteiger partial charge on any atom is 0.282 e. The molecule has 2 N–H and O–H groups in total. The summed E-state index contributed by atoms with van der Waals surface area (Å²) in [7, 11) is 0. The number of nitrogens with zero attached hydrogens (tertiary/aromatic N) is 3. The molecule has 4 rings (SSSR count). The Kier molecular flexibility index (Phi) is 2.53. The number of aryl methyl sites for hydroxylation is 1. The molecule has 0 saturated carbocycles. The zero-order valence-electron chi connectivity index (χ0n) is 11.8. The normalized spacial score (nSPS) is 14.9. The molecule has 0 atom stereocenters. The third-order valence-electron chi connectivity index (χ3n) is 3.57. The number of hydrogen-bond donors (Lipinski definition) is 1. The van der Waals surface area contributed by atoms with Crippen LogP contribution in [0.4, 0.5) is 11.5 Å². The van der Waals surface area contributed by atoms with Crippen LogP contribution in [0, 0.1) is 6.92 Å². The molecule has 0 saturated heterocycles. The Morgan fingerprint density at radius 3 is 3.00 bits per heavy atom. The van der Waals surface area contributed by atoms with Crippen molar-refractivity contribution >= 4 is 35.0 Å². The molecule has 0 bridgehead atoms. The van der Waals surface area contributed by atoms with E-state index in [0.717, 1.165) is 16.8 Å². The van der Waals surface area contributed by atoms with E-state index in [-0.39, 0.29) is 11.4 Å². The van der Waals surface area contributed by atoms with Crippen LogP contribution in [0.25, 0.3) is 17.3 Å². The standard InChI is InChI=1S/C16H12N4O2/c1-9-6-14-19-16(21)12(15(17)20(14)22-9)7-10-8-18-13-5-3-2-4-11(10)13/h2-8H,17H2,1H3/b10-7+. The lowest BCUT2D eigenvalue weighted by molar-refractivity contribution is 0.358. The molecule has 0 unspecified atom stereocenters. The van der Waals surface area contributed by atoms with Gasteiger partial charge in [-0.05, 0) is 19.1 Å². The molecule has 6 heteroatoms. The van der Waals surface area contributed by atoms with Crippen LogP contribution in [-0.2, 0) is 0 Å². The van der Waals surface area contributed by atoms with E-state index in [2.05, 4.69) is 9.98 Å². The van der Waals surface area contributed by atoms with Gasteiger partial charge in [-0.25, -0.2) is 0 Å². The first-order chi connectivity index (χ1) is 10.6. The Hall–Kier alpha value is -3.15. The second-order valence-corrected chi connectivity index (χ2v) is 5.09. The van der Waals surface area contributed by atoms with Gasteiger partial charge in [-0.2, -0.15) is 4.98 Å². The molecule has 2 aromatic heterocycles. The maximum absolute atomic E-state index is 12.2. The summed E-state index contributed by atoms with van der Waals surface area (Å²) < 4.78 is 6.82. The molecule has 3 aromatic rings. The van der Waals surface area contributed by atoms with Gasteiger partial charge in [0.2, 0.25) is 0 Å². The van der Waals surface area contributed by atoms with Crippen molar-refractivity contribution in [2.24, 2.45) is 4.99 Å². The van der Waals surface area contributed by atoms with Gasteiger partial charge in [0.15, 0.2) is 11.5 Å². The summed E-state index contributed by atoms with van der Waals surface area (Å²) >= 11 is 0. The van der Waals surface area contributed by atoms with Crippen LogP contribution >= 0.6 is 0 Å². The molecular weight excluding hydrogens is 280 g/mol. The average molecular weight is 292 g/mol. The largest absolute Gasteiger partial charge is 0.382 e. The van der Waals surface area contributed by atoms with Crippen LogP contribution in [0.15, 0.2) is 44.6 Å². The number of hydrogen-bond acceptors (Lipinski definition) is 5. The van der Waals surface area contributed by atoms with Gasteiger partial charge >= 0.3 is 0 Å². The second kappa shape index (κ2) is 4.42. The molecule has 1 aliphatic heterocycles. The van der Waals surface area contributed by atoms with E-state index < -0.39 is 0 Å². The van der Waals surface area contributed by atoms with E-state index in [9.17, 15) is 4.79 Å². The third-order valence-corrected chi connectivity index (χ3v) is 3.57. The van der Waals surface area contributed by atoms with Gasteiger partial charge < -0.3 is 10.3 Å². The lowest BCUT2D eigenvalue weighted by atomic mass is 10.1. The monoisotopic (exact) mass is 292 g/mol. The zero-order chi connectivity index (χ0) is 15.3. The number of benzene rings is 1. The smallest absolute Gasteiger partial charge is 0.282 e. The van der Waals surface area contributed by atoms with E-state index in [1.54, 1.807) is 25.3 Å². The van der Waals surface area contributed by atoms with Crippen LogP contribution < -0.4 is 11.3 Å². The fourth-order valence-electron chi connectivity index (χ4n) is 2.54. The van der Waals surface area contributed by atoms with E-state index in [4.69, 9.17) is 10.3 Å². The summed E-state index contributed by atoms with van der Waals surface area (Å²) in [5.74, 6) is 0.865. The van der Waals surface area contributed by atoms with Crippen LogP contribution in [-0.4, -0.2) is 15.8 Å². The number of allylic oxidation sites excluding steroid dienone is 1. The first kappa shape index (κ1) is 12.6. The van der Waals surface area contributed by atoms with Crippen LogP contribution in [0.1, 0.15) is 16.9 Å². The number of aliphatic imine (C=N–C) groups is 1. The van der Waals surface area contributed by atoms with Crippen molar-refractivity contribution in [2.45, 2.75) is 6.92 Å². The van der Waals surface area contributed by atoms with Crippen molar-refractivity contribution in [2.75, 3.05) is 5.73 Å². The lowest BCUT2D eigenvalue weighted by Gasteiger charge is -2.03. The van der Waals surface area contributed by atoms with Gasteiger partial charge in [-0.3, -0.25) is 9.79 Å². The van der Waals surface area contributed by atoms with Crippen molar-refractivity contribution in [3.05, 3.63) is 57.6 Å². The summed E-state index contributed by atoms with van der Waals surface area (Å²) in [5.41, 5.74) is 9.04. The molecule has 22 heavy (non-hydrogen) atoms. The first-order valence-electron chi connectivity index (χ1n) is 6.78. The Balaban J connectivity index is 1.95. The minimum absolute atomic E-state index is 0.230. The number of para-hydroxylation sites is 1. The number of rotatable bonds is 1. The van der Waals surface area contributed by atoms with Crippen molar-refractivity contribution < 1.29 is 4.52 Å². The van der Waals surface area contributed by atoms with Gasteiger partial charge in [0.25, 0.3) is 5.56 Å². The Bertz CT molecular complexity index is 1020. The highest BCUT2D eigenvalue weighted by Crippen LogP contribution is 2.32. The number of nitrogens with two attached hydrogens (primary N) is 1. The number of aromatic nitrogens is 2. The van der Waals surface area contributed by atoms with Gasteiger partial charge in [0.05, 0.1) is 11.3 Å². The van der Waals surface area contributed by atoms with E-state index in [1.807, 2.05) is 24.3 Å². The zero-order valence-corrected chi connectivity index (χ0v) is 11.8. The predicted octanol–water partition coefficient (Wildman–Crippen LogP) is 2.43. The highest BCUT2D eigenvalue weighted by atomic mass is 16.5.